The van der Waals surface area contributed by atoms with Crippen molar-refractivity contribution < 1.29 is 39.9 Å². The van der Waals surface area contributed by atoms with Crippen LogP contribution in [-0.4, -0.2) is 73.6 Å². The smallest absolute Gasteiger partial charge is 0.353 e. The van der Waals surface area contributed by atoms with Crippen molar-refractivity contribution in [2.75, 3.05) is 39.3 Å². The number of likely N-dealkylation sites (tertiary alicyclic amines) is 2. The second kappa shape index (κ2) is 12.5. The van der Waals surface area contributed by atoms with Crippen molar-refractivity contribution in [1.29, 1.82) is 0 Å². The van der Waals surface area contributed by atoms with Crippen LogP contribution < -0.4 is 0 Å². The fraction of sp³-hybridized carbons (Fsp3) is 0.571. The number of ether oxygens (including phenoxy) is 1. The third kappa shape index (κ3) is 8.38. The van der Waals surface area contributed by atoms with Gasteiger partial charge in [-0.2, -0.15) is 26.3 Å². The number of halogens is 8. The van der Waals surface area contributed by atoms with Gasteiger partial charge in [-0.3, -0.25) is 9.80 Å². The summed E-state index contributed by atoms with van der Waals surface area (Å²) in [5, 5.41) is 0. The summed E-state index contributed by atoms with van der Waals surface area (Å²) >= 11 is 0. The molecule has 0 saturated carbocycles. The summed E-state index contributed by atoms with van der Waals surface area (Å²) in [6.45, 7) is -0.601. The molecule has 2 unspecified atom stereocenters. The number of piperidine rings is 2. The highest BCUT2D eigenvalue weighted by atomic mass is 19.4. The van der Waals surface area contributed by atoms with E-state index in [0.717, 1.165) is 0 Å². The first-order valence-electron chi connectivity index (χ1n) is 13.1. The third-order valence-corrected chi connectivity index (χ3v) is 7.56. The van der Waals surface area contributed by atoms with Crippen LogP contribution in [0.4, 0.5) is 35.1 Å². The molecular formula is C28H32F8N2O. The van der Waals surface area contributed by atoms with Gasteiger partial charge < -0.3 is 4.74 Å². The van der Waals surface area contributed by atoms with Crippen molar-refractivity contribution >= 4 is 0 Å². The Morgan fingerprint density at radius 2 is 1.10 bits per heavy atom. The average Bonchev–Trinajstić information content (AvgIpc) is 2.87. The van der Waals surface area contributed by atoms with Crippen molar-refractivity contribution in [1.82, 2.24) is 9.80 Å². The first-order valence-corrected chi connectivity index (χ1v) is 13.1. The minimum Gasteiger partial charge on any atom is -0.353 e. The molecule has 216 valence electrons. The lowest BCUT2D eigenvalue weighted by molar-refractivity contribution is -0.290. The Morgan fingerprint density at radius 3 is 1.46 bits per heavy atom. The molecule has 39 heavy (non-hydrogen) atoms. The summed E-state index contributed by atoms with van der Waals surface area (Å²) in [4.78, 5) is 2.90. The summed E-state index contributed by atoms with van der Waals surface area (Å²) in [5.41, 5.74) is 1.30. The molecular weight excluding hydrogens is 532 g/mol. The number of hydrogen-bond donors (Lipinski definition) is 0. The fourth-order valence-electron chi connectivity index (χ4n) is 5.62. The highest BCUT2D eigenvalue weighted by Crippen LogP contribution is 2.34. The maximum Gasteiger partial charge on any atom is 0.415 e. The molecule has 4 rings (SSSR count). The Bertz CT molecular complexity index is 993. The van der Waals surface area contributed by atoms with Crippen molar-refractivity contribution in [2.24, 2.45) is 0 Å². The highest BCUT2D eigenvalue weighted by Gasteiger charge is 2.50. The predicted molar refractivity (Wildman–Crippen MR) is 130 cm³/mol. The number of nitrogens with zero attached hydrogens (tertiary/aromatic N) is 2. The Morgan fingerprint density at radius 1 is 0.692 bits per heavy atom. The van der Waals surface area contributed by atoms with E-state index in [1.54, 1.807) is 12.1 Å². The van der Waals surface area contributed by atoms with E-state index in [2.05, 4.69) is 0 Å². The van der Waals surface area contributed by atoms with Crippen LogP contribution >= 0.6 is 0 Å². The highest BCUT2D eigenvalue weighted by molar-refractivity contribution is 5.22. The molecule has 0 aromatic heterocycles. The van der Waals surface area contributed by atoms with E-state index >= 15 is 0 Å². The van der Waals surface area contributed by atoms with Gasteiger partial charge in [0.25, 0.3) is 0 Å². The van der Waals surface area contributed by atoms with Crippen molar-refractivity contribution in [3.8, 4) is 0 Å². The molecule has 2 aliphatic heterocycles. The molecule has 0 N–H and O–H groups in total. The van der Waals surface area contributed by atoms with Gasteiger partial charge in [0.1, 0.15) is 11.6 Å². The molecule has 0 amide bonds. The van der Waals surface area contributed by atoms with E-state index in [-0.39, 0.29) is 38.0 Å². The zero-order valence-corrected chi connectivity index (χ0v) is 21.3. The van der Waals surface area contributed by atoms with E-state index in [4.69, 9.17) is 4.74 Å². The van der Waals surface area contributed by atoms with E-state index in [1.165, 1.54) is 46.2 Å². The van der Waals surface area contributed by atoms with Gasteiger partial charge in [-0.1, -0.05) is 24.3 Å². The summed E-state index contributed by atoms with van der Waals surface area (Å²) in [5.74, 6) is -1.36. The molecule has 2 aromatic carbocycles. The van der Waals surface area contributed by atoms with Crippen molar-refractivity contribution in [3.05, 3.63) is 71.3 Å². The maximum atomic E-state index is 14.0. The van der Waals surface area contributed by atoms with Crippen LogP contribution in [0.25, 0.3) is 0 Å². The Hall–Kier alpha value is -2.24. The van der Waals surface area contributed by atoms with Crippen LogP contribution in [0.3, 0.4) is 0 Å². The predicted octanol–water partition coefficient (Wildman–Crippen LogP) is 6.90. The number of alkyl halides is 6. The molecule has 4 atom stereocenters. The van der Waals surface area contributed by atoms with Gasteiger partial charge in [-0.05, 0) is 86.0 Å². The van der Waals surface area contributed by atoms with E-state index in [0.29, 0.717) is 36.8 Å². The lowest BCUT2D eigenvalue weighted by Crippen LogP contribution is -2.52. The zero-order valence-electron chi connectivity index (χ0n) is 21.3. The molecule has 2 heterocycles. The van der Waals surface area contributed by atoms with Gasteiger partial charge in [-0.15, -0.1) is 0 Å². The van der Waals surface area contributed by atoms with Crippen LogP contribution in [-0.2, 0) is 4.74 Å². The minimum absolute atomic E-state index is 0.164. The molecule has 0 bridgehead atoms. The molecule has 2 aliphatic rings. The molecule has 0 radical (unpaired) electrons. The Balaban J connectivity index is 1.43. The molecule has 2 fully saturated rings. The van der Waals surface area contributed by atoms with E-state index < -0.39 is 49.3 Å². The zero-order chi connectivity index (χ0) is 28.2. The van der Waals surface area contributed by atoms with Crippen LogP contribution in [0.15, 0.2) is 48.5 Å². The van der Waals surface area contributed by atoms with Crippen LogP contribution in [0.5, 0.6) is 0 Å². The summed E-state index contributed by atoms with van der Waals surface area (Å²) < 4.78 is 116. The molecule has 0 spiro atoms. The van der Waals surface area contributed by atoms with Crippen molar-refractivity contribution in [3.63, 3.8) is 0 Å². The second-order valence-electron chi connectivity index (χ2n) is 10.5. The largest absolute Gasteiger partial charge is 0.415 e. The number of benzene rings is 2. The van der Waals surface area contributed by atoms with Crippen LogP contribution in [0.1, 0.15) is 48.6 Å². The van der Waals surface area contributed by atoms with E-state index in [1.807, 2.05) is 0 Å². The first-order chi connectivity index (χ1) is 18.4. The number of rotatable bonds is 8. The van der Waals surface area contributed by atoms with Crippen LogP contribution in [0, 0.1) is 11.6 Å². The number of hydrogen-bond acceptors (Lipinski definition) is 3. The van der Waals surface area contributed by atoms with Gasteiger partial charge in [0, 0.05) is 26.2 Å². The molecule has 11 heteroatoms. The monoisotopic (exact) mass is 564 g/mol. The normalized spacial score (nSPS) is 23.5. The summed E-state index contributed by atoms with van der Waals surface area (Å²) in [6.07, 6.45) is -13.0. The summed E-state index contributed by atoms with van der Waals surface area (Å²) in [6, 6.07) is 11.7. The standard InChI is InChI=1S/C28H32F8N2O/c29-23-9-1-5-19(13-23)21-7-3-11-37(15-21)17-25(27(31,32)33)39-26(28(34,35)36)18-38-12-4-8-22(16-38)20-6-2-10-24(30)14-20/h1-2,5-6,9-10,13-14,21-22,25-26H,3-4,7-8,11-12,15-18H2/t21?,22?,25-,26-/m0/s1. The van der Waals surface area contributed by atoms with E-state index in [9.17, 15) is 35.1 Å². The Labute approximate surface area is 222 Å². The Kier molecular flexibility index (Phi) is 9.54. The summed E-state index contributed by atoms with van der Waals surface area (Å²) in [7, 11) is 0. The first kappa shape index (κ1) is 29.7. The van der Waals surface area contributed by atoms with Gasteiger partial charge in [-0.25, -0.2) is 8.78 Å². The fourth-order valence-corrected chi connectivity index (χ4v) is 5.62. The maximum absolute atomic E-state index is 14.0. The molecule has 2 saturated heterocycles. The van der Waals surface area contributed by atoms with Gasteiger partial charge in [0.2, 0.25) is 0 Å². The van der Waals surface area contributed by atoms with Crippen molar-refractivity contribution in [2.45, 2.75) is 62.1 Å². The van der Waals surface area contributed by atoms with Gasteiger partial charge >= 0.3 is 12.4 Å². The SMILES string of the molecule is Fc1cccc(C2CCCN(C[C@H](O[C@@H](CN3CCCC(c4cccc(F)c4)C3)C(F)(F)F)C(F)(F)F)C2)c1. The topological polar surface area (TPSA) is 15.7 Å². The van der Waals surface area contributed by atoms with Gasteiger partial charge in [0.15, 0.2) is 12.2 Å². The van der Waals surface area contributed by atoms with Crippen LogP contribution in [0.2, 0.25) is 0 Å². The third-order valence-electron chi connectivity index (χ3n) is 7.56. The molecule has 0 aliphatic carbocycles. The lowest BCUT2D eigenvalue weighted by Gasteiger charge is -2.39. The minimum atomic E-state index is -5.01. The lowest BCUT2D eigenvalue weighted by atomic mass is 9.90. The quantitative estimate of drug-likeness (QED) is 0.325. The molecule has 2 aromatic rings. The molecule has 3 nitrogen and oxygen atoms in total. The average molecular weight is 565 g/mol. The second-order valence-corrected chi connectivity index (χ2v) is 10.5. The van der Waals surface area contributed by atoms with Gasteiger partial charge in [0.05, 0.1) is 0 Å².